The highest BCUT2D eigenvalue weighted by molar-refractivity contribution is 5.28. The topological polar surface area (TPSA) is 168 Å². The van der Waals surface area contributed by atoms with E-state index in [0.717, 1.165) is 88.2 Å². The van der Waals surface area contributed by atoms with Crippen LogP contribution < -0.4 is 21.3 Å². The lowest BCUT2D eigenvalue weighted by atomic mass is 9.32. The van der Waals surface area contributed by atoms with Crippen LogP contribution in [0, 0.1) is 125 Å². The number of fused-ring (bicyclic) bond motifs is 14. The molecule has 11 heteroatoms. The first-order valence-electron chi connectivity index (χ1n) is 40.2. The average Bonchev–Trinajstić information content (AvgIpc) is 0.959. The maximum Gasteiger partial charge on any atom is 0.157 e. The molecule has 0 aromatic heterocycles. The second kappa shape index (κ2) is 28.7. The highest BCUT2D eigenvalue weighted by Crippen LogP contribution is 2.80. The molecule has 13 rings (SSSR count). The largest absolute Gasteiger partial charge is 0.508 e. The molecule has 11 nitrogen and oxygen atoms in total. The highest BCUT2D eigenvalue weighted by Gasteiger charge is 2.73. The summed E-state index contributed by atoms with van der Waals surface area (Å²) in [5.74, 6) is 9.08. The fourth-order valence-electron chi connectivity index (χ4n) is 28.5. The fourth-order valence-corrected chi connectivity index (χ4v) is 28.5. The molecule has 542 valence electrons. The molecule has 11 aliphatic rings. The molecule has 2 aromatic carbocycles. The van der Waals surface area contributed by atoms with Gasteiger partial charge in [0.15, 0.2) is 6.29 Å². The van der Waals surface area contributed by atoms with Crippen LogP contribution in [0.3, 0.4) is 0 Å². The number of aliphatic hydroxyl groups excluding tert-OH is 3. The zero-order valence-corrected chi connectivity index (χ0v) is 62.8. The molecule has 0 amide bonds. The third-order valence-corrected chi connectivity index (χ3v) is 33.8. The van der Waals surface area contributed by atoms with Gasteiger partial charge in [0, 0.05) is 38.4 Å². The first kappa shape index (κ1) is 73.4. The minimum absolute atomic E-state index is 0.00552. The van der Waals surface area contributed by atoms with Gasteiger partial charge in [0.25, 0.3) is 0 Å². The summed E-state index contributed by atoms with van der Waals surface area (Å²) < 4.78 is 12.9. The fraction of sp³-hybridized carbons (Fsp3) is 0.859. The van der Waals surface area contributed by atoms with Crippen molar-refractivity contribution in [2.24, 2.45) is 125 Å². The molecule has 23 atom stereocenters. The van der Waals surface area contributed by atoms with E-state index in [1.807, 2.05) is 12.1 Å². The van der Waals surface area contributed by atoms with Crippen molar-refractivity contribution < 1.29 is 35.0 Å². The Labute approximate surface area is 583 Å². The summed E-state index contributed by atoms with van der Waals surface area (Å²) in [5.41, 5.74) is 5.65. The monoisotopic (exact) mass is 1330 g/mol. The minimum atomic E-state index is -0.00552. The molecule has 5 unspecified atom stereocenters. The number of ether oxygens (including phenoxy) is 2. The molecule has 11 fully saturated rings. The number of rotatable bonds is 22. The molecule has 9 N–H and O–H groups in total. The lowest BCUT2D eigenvalue weighted by Crippen LogP contribution is -2.67. The first-order valence-corrected chi connectivity index (χ1v) is 40.2. The van der Waals surface area contributed by atoms with Crippen molar-refractivity contribution in [1.82, 2.24) is 21.3 Å². The van der Waals surface area contributed by atoms with Gasteiger partial charge in [0.05, 0.1) is 19.8 Å². The van der Waals surface area contributed by atoms with E-state index in [9.17, 15) is 25.5 Å². The second-order valence-corrected chi connectivity index (χ2v) is 38.2. The molecule has 1 aliphatic heterocycles. The van der Waals surface area contributed by atoms with E-state index in [-0.39, 0.29) is 41.2 Å². The Bertz CT molecular complexity index is 2860. The van der Waals surface area contributed by atoms with E-state index < -0.39 is 0 Å². The minimum Gasteiger partial charge on any atom is -0.508 e. The van der Waals surface area contributed by atoms with Gasteiger partial charge in [-0.2, -0.15) is 0 Å². The Balaban J connectivity index is 0.000000185. The number of hydrogen-bond acceptors (Lipinski definition) is 11. The van der Waals surface area contributed by atoms with Gasteiger partial charge in [-0.25, -0.2) is 0 Å². The number of aliphatic hydroxyl groups is 3. The maximum atomic E-state index is 11.0. The van der Waals surface area contributed by atoms with Crippen LogP contribution in [0.5, 0.6) is 11.5 Å². The predicted octanol–water partition coefficient (Wildman–Crippen LogP) is 15.9. The van der Waals surface area contributed by atoms with Crippen LogP contribution in [0.2, 0.25) is 0 Å². The van der Waals surface area contributed by atoms with Gasteiger partial charge in [0.1, 0.15) is 11.5 Å². The van der Waals surface area contributed by atoms with Gasteiger partial charge in [-0.15, -0.1) is 0 Å². The van der Waals surface area contributed by atoms with Crippen LogP contribution in [0.4, 0.5) is 0 Å². The van der Waals surface area contributed by atoms with Crippen LogP contribution in [0.25, 0.3) is 0 Å². The van der Waals surface area contributed by atoms with Crippen molar-refractivity contribution in [3.8, 4) is 11.5 Å². The van der Waals surface area contributed by atoms with E-state index in [4.69, 9.17) is 9.47 Å². The Morgan fingerprint density at radius 1 is 0.458 bits per heavy atom. The smallest absolute Gasteiger partial charge is 0.157 e. The third kappa shape index (κ3) is 12.8. The quantitative estimate of drug-likeness (QED) is 0.0515. The molecule has 0 bridgehead atoms. The number of phenolic OH excluding ortho intramolecular Hbond substituents is 2. The average molecular weight is 1330 g/mol. The normalized spacial score (nSPS) is 44.1. The Kier molecular flexibility index (Phi) is 22.0. The molecule has 96 heavy (non-hydrogen) atoms. The lowest BCUT2D eigenvalue weighted by Gasteiger charge is -2.73. The summed E-state index contributed by atoms with van der Waals surface area (Å²) in [6.45, 7) is 39.7. The summed E-state index contributed by atoms with van der Waals surface area (Å²) >= 11 is 0. The van der Waals surface area contributed by atoms with Gasteiger partial charge < -0.3 is 56.3 Å². The SMILES string of the molecule is CC(CNCCO)[C@@H]1CC[C@]2(CO)CC[C@]3(C)[C@H](CC[C@@H]4[C@@]5(C)CCC(NCCc6ccc(O)cc6)C(C)(C)[C@@H]5CC[C@]43C)[C@@H]12.CC(CNCCO)[C@@H]1CC[C@]2(COC3CCCCO3)CC[C@]3(C)[C@H](CC[C@@H]4[C@@]5(C)CCC(NCCc6ccc(O)cc6)C(C)(C)[C@@H]5CC[C@]43C)[C@@H]12. The van der Waals surface area contributed by atoms with Crippen LogP contribution in [0.1, 0.15) is 242 Å². The van der Waals surface area contributed by atoms with Gasteiger partial charge in [-0.05, 0) is 347 Å². The zero-order chi connectivity index (χ0) is 68.3. The van der Waals surface area contributed by atoms with E-state index >= 15 is 0 Å². The standard InChI is InChI=1S/C45H74N2O4.C40H66N2O3/c1-31(29-46-26-27-48)34-16-22-45(30-51-39-9-7-8-28-50-39)24-23-43(5)35(40(34)45)14-15-37-42(4)20-18-38(41(2,3)36(42)17-21-44(37,43)6)47-25-19-32-10-12-33(49)13-11-32;1-27(25-41-23-24-43)30-13-19-40(26-44)21-20-38(5)31(35(30)40)11-12-33-37(4)17-15-34(36(2,3)32(37)14-18-39(33,38)6)42-22-16-28-7-9-29(45)10-8-28/h10-13,31,34-40,46-49H,7-9,14-30H2,1-6H3;7-10,27,30-35,41-45H,11-26H2,1-6H3/t31?,34-,35+,36-,37+,38?,39?,40+,42-,43+,44+,45+;27?,30-,31+,32-,33+,34?,35+,37-,38+,39+,40+/m00/s1. The molecule has 1 heterocycles. The first-order chi connectivity index (χ1) is 45.7. The molecule has 1 saturated heterocycles. The van der Waals surface area contributed by atoms with Crippen LogP contribution >= 0.6 is 0 Å². The van der Waals surface area contributed by atoms with Gasteiger partial charge in [-0.1, -0.05) is 107 Å². The van der Waals surface area contributed by atoms with Crippen molar-refractivity contribution in [3.63, 3.8) is 0 Å². The van der Waals surface area contributed by atoms with Crippen molar-refractivity contribution >= 4 is 0 Å². The summed E-state index contributed by atoms with van der Waals surface area (Å²) in [5, 5.41) is 64.5. The summed E-state index contributed by atoms with van der Waals surface area (Å²) in [4.78, 5) is 0. The van der Waals surface area contributed by atoms with Crippen LogP contribution in [-0.2, 0) is 22.3 Å². The van der Waals surface area contributed by atoms with Crippen molar-refractivity contribution in [3.05, 3.63) is 59.7 Å². The third-order valence-electron chi connectivity index (χ3n) is 33.8. The maximum absolute atomic E-state index is 11.0. The lowest BCUT2D eigenvalue weighted by molar-refractivity contribution is -0.252. The predicted molar refractivity (Wildman–Crippen MR) is 390 cm³/mol. The number of aromatic hydroxyl groups is 2. The van der Waals surface area contributed by atoms with E-state index in [1.165, 1.54) is 152 Å². The van der Waals surface area contributed by atoms with Crippen molar-refractivity contribution in [2.45, 2.75) is 262 Å². The van der Waals surface area contributed by atoms with E-state index in [1.54, 1.807) is 12.1 Å². The molecule has 10 aliphatic carbocycles. The van der Waals surface area contributed by atoms with E-state index in [2.05, 4.69) is 129 Å². The molecular formula is C85H140N4O7. The van der Waals surface area contributed by atoms with Crippen molar-refractivity contribution in [1.29, 1.82) is 0 Å². The molecular weight excluding hydrogens is 1190 g/mol. The number of benzene rings is 2. The van der Waals surface area contributed by atoms with E-state index in [0.29, 0.717) is 117 Å². The van der Waals surface area contributed by atoms with Crippen molar-refractivity contribution in [2.75, 3.05) is 72.3 Å². The summed E-state index contributed by atoms with van der Waals surface area (Å²) in [6, 6.07) is 16.6. The summed E-state index contributed by atoms with van der Waals surface area (Å²) in [7, 11) is 0. The number of nitrogens with one attached hydrogen (secondary N) is 4. The Morgan fingerprint density at radius 2 is 0.906 bits per heavy atom. The van der Waals surface area contributed by atoms with Gasteiger partial charge >= 0.3 is 0 Å². The van der Waals surface area contributed by atoms with Crippen LogP contribution in [0.15, 0.2) is 48.5 Å². The molecule has 0 radical (unpaired) electrons. The zero-order valence-electron chi connectivity index (χ0n) is 62.8. The van der Waals surface area contributed by atoms with Gasteiger partial charge in [-0.3, -0.25) is 0 Å². The summed E-state index contributed by atoms with van der Waals surface area (Å²) in [6.07, 6.45) is 31.8. The Morgan fingerprint density at radius 3 is 1.34 bits per heavy atom. The Hall–Kier alpha value is -2.32. The number of phenols is 2. The molecule has 10 saturated carbocycles. The van der Waals surface area contributed by atoms with Crippen LogP contribution in [-0.4, -0.2) is 116 Å². The molecule has 2 aromatic rings. The van der Waals surface area contributed by atoms with Gasteiger partial charge in [0.2, 0.25) is 0 Å². The highest BCUT2D eigenvalue weighted by atomic mass is 16.7. The molecule has 0 spiro atoms. The number of hydrogen-bond donors (Lipinski definition) is 9. The second-order valence-electron chi connectivity index (χ2n) is 38.2.